The highest BCUT2D eigenvalue weighted by Crippen LogP contribution is 2.09. The molecule has 0 aliphatic rings. The lowest BCUT2D eigenvalue weighted by Crippen LogP contribution is -2.49. The van der Waals surface area contributed by atoms with Crippen molar-refractivity contribution in [3.05, 3.63) is 30.3 Å². The molecule has 0 saturated carbocycles. The van der Waals surface area contributed by atoms with E-state index < -0.39 is 21.5 Å². The fourth-order valence-electron chi connectivity index (χ4n) is 2.63. The first kappa shape index (κ1) is 25.7. The van der Waals surface area contributed by atoms with Gasteiger partial charge in [-0.15, -0.1) is 0 Å². The number of guanidine groups is 1. The lowest BCUT2D eigenvalue weighted by molar-refractivity contribution is 0.0522. The first-order valence-electron chi connectivity index (χ1n) is 10.3. The van der Waals surface area contributed by atoms with E-state index >= 15 is 0 Å². The number of amides is 1. The molecular weight excluding hydrogens is 404 g/mol. The molecule has 1 amide bonds. The molecule has 170 valence electrons. The van der Waals surface area contributed by atoms with Gasteiger partial charge < -0.3 is 20.7 Å². The number of benzene rings is 1. The summed E-state index contributed by atoms with van der Waals surface area (Å²) in [7, 11) is -1.74. The Morgan fingerprint density at radius 3 is 2.40 bits per heavy atom. The molecule has 0 aliphatic carbocycles. The molecule has 1 aromatic carbocycles. The number of carbonyl (C=O) groups excluding carboxylic acids is 1. The Morgan fingerprint density at radius 1 is 1.17 bits per heavy atom. The second kappa shape index (κ2) is 12.4. The smallest absolute Gasteiger partial charge is 0.407 e. The maximum absolute atomic E-state index is 12.4. The van der Waals surface area contributed by atoms with Gasteiger partial charge in [-0.1, -0.05) is 38.0 Å². The lowest BCUT2D eigenvalue weighted by Gasteiger charge is -2.24. The van der Waals surface area contributed by atoms with Crippen LogP contribution in [0.4, 0.5) is 4.79 Å². The summed E-state index contributed by atoms with van der Waals surface area (Å²) in [5, 5.41) is 9.08. The molecule has 0 radical (unpaired) electrons. The number of sulfone groups is 1. The molecule has 0 aliphatic heterocycles. The third-order valence-corrected chi connectivity index (χ3v) is 5.86. The van der Waals surface area contributed by atoms with Crippen LogP contribution in [-0.4, -0.2) is 58.0 Å². The maximum Gasteiger partial charge on any atom is 0.407 e. The van der Waals surface area contributed by atoms with E-state index in [4.69, 9.17) is 4.74 Å². The Hall–Kier alpha value is -2.29. The standard InChI is InChI=1S/C21H36N4O4S/c1-6-7-11-17(16-24-20(26)29-21(2,3)4)25-19(22-5)23-14-15-30(27,28)18-12-9-8-10-13-18/h8-10,12-13,17H,6-7,11,14-16H2,1-5H3,(H,24,26)(H2,22,23,25). The van der Waals surface area contributed by atoms with Gasteiger partial charge in [-0.3, -0.25) is 4.99 Å². The minimum absolute atomic E-state index is 0.0481. The molecule has 30 heavy (non-hydrogen) atoms. The molecule has 1 unspecified atom stereocenters. The zero-order valence-electron chi connectivity index (χ0n) is 18.7. The van der Waals surface area contributed by atoms with Gasteiger partial charge in [-0.05, 0) is 39.3 Å². The van der Waals surface area contributed by atoms with E-state index in [1.54, 1.807) is 37.4 Å². The van der Waals surface area contributed by atoms with Crippen molar-refractivity contribution in [2.75, 3.05) is 25.9 Å². The zero-order chi connectivity index (χ0) is 22.6. The second-order valence-corrected chi connectivity index (χ2v) is 10.1. The molecule has 0 bridgehead atoms. The number of ether oxygens (including phenoxy) is 1. The van der Waals surface area contributed by atoms with Crippen molar-refractivity contribution in [2.24, 2.45) is 4.99 Å². The summed E-state index contributed by atoms with van der Waals surface area (Å²) in [4.78, 5) is 16.4. The van der Waals surface area contributed by atoms with Gasteiger partial charge in [0.05, 0.1) is 10.6 Å². The summed E-state index contributed by atoms with van der Waals surface area (Å²) >= 11 is 0. The van der Waals surface area contributed by atoms with Gasteiger partial charge in [0.15, 0.2) is 15.8 Å². The number of aliphatic imine (C=N–C) groups is 1. The number of nitrogens with one attached hydrogen (secondary N) is 3. The number of rotatable bonds is 10. The second-order valence-electron chi connectivity index (χ2n) is 8.00. The summed E-state index contributed by atoms with van der Waals surface area (Å²) in [6, 6.07) is 8.31. The first-order chi connectivity index (χ1) is 14.1. The Morgan fingerprint density at radius 2 is 1.83 bits per heavy atom. The minimum atomic E-state index is -3.36. The highest BCUT2D eigenvalue weighted by molar-refractivity contribution is 7.91. The van der Waals surface area contributed by atoms with Crippen molar-refractivity contribution in [1.29, 1.82) is 0 Å². The van der Waals surface area contributed by atoms with Crippen LogP contribution in [0.5, 0.6) is 0 Å². The summed E-state index contributed by atoms with van der Waals surface area (Å²) < 4.78 is 30.1. The largest absolute Gasteiger partial charge is 0.444 e. The Balaban J connectivity index is 2.58. The van der Waals surface area contributed by atoms with E-state index in [9.17, 15) is 13.2 Å². The van der Waals surface area contributed by atoms with Gasteiger partial charge in [-0.2, -0.15) is 0 Å². The number of unbranched alkanes of at least 4 members (excludes halogenated alkanes) is 1. The first-order valence-corrected chi connectivity index (χ1v) is 11.9. The molecule has 0 aromatic heterocycles. The lowest BCUT2D eigenvalue weighted by atomic mass is 10.1. The zero-order valence-corrected chi connectivity index (χ0v) is 19.5. The number of nitrogens with zero attached hydrogens (tertiary/aromatic N) is 1. The van der Waals surface area contributed by atoms with Gasteiger partial charge in [0.25, 0.3) is 0 Å². The van der Waals surface area contributed by atoms with Gasteiger partial charge in [0.2, 0.25) is 0 Å². The van der Waals surface area contributed by atoms with Crippen LogP contribution in [0.25, 0.3) is 0 Å². The van der Waals surface area contributed by atoms with E-state index in [-0.39, 0.29) is 18.3 Å². The van der Waals surface area contributed by atoms with Crippen LogP contribution in [0.2, 0.25) is 0 Å². The molecule has 0 spiro atoms. The summed E-state index contributed by atoms with van der Waals surface area (Å²) in [5.41, 5.74) is -0.557. The Labute approximate surface area is 180 Å². The fourth-order valence-corrected chi connectivity index (χ4v) is 3.81. The van der Waals surface area contributed by atoms with Crippen molar-refractivity contribution >= 4 is 21.9 Å². The number of hydrogen-bond donors (Lipinski definition) is 3. The van der Waals surface area contributed by atoms with E-state index in [1.807, 2.05) is 20.8 Å². The van der Waals surface area contributed by atoms with Crippen LogP contribution in [0.15, 0.2) is 40.2 Å². The molecule has 8 nitrogen and oxygen atoms in total. The van der Waals surface area contributed by atoms with Crippen LogP contribution in [0, 0.1) is 0 Å². The van der Waals surface area contributed by atoms with Gasteiger partial charge in [0, 0.05) is 26.2 Å². The normalized spacial score (nSPS) is 13.4. The van der Waals surface area contributed by atoms with Crippen molar-refractivity contribution in [1.82, 2.24) is 16.0 Å². The highest BCUT2D eigenvalue weighted by atomic mass is 32.2. The van der Waals surface area contributed by atoms with Crippen LogP contribution in [-0.2, 0) is 14.6 Å². The number of hydrogen-bond acceptors (Lipinski definition) is 5. The van der Waals surface area contributed by atoms with Gasteiger partial charge in [-0.25, -0.2) is 13.2 Å². The quantitative estimate of drug-likeness (QED) is 0.381. The molecule has 1 atom stereocenters. The van der Waals surface area contributed by atoms with Gasteiger partial charge >= 0.3 is 6.09 Å². The number of alkyl carbamates (subject to hydrolysis) is 1. The van der Waals surface area contributed by atoms with E-state index in [0.717, 1.165) is 19.3 Å². The predicted molar refractivity (Wildman–Crippen MR) is 121 cm³/mol. The van der Waals surface area contributed by atoms with Crippen molar-refractivity contribution < 1.29 is 17.9 Å². The van der Waals surface area contributed by atoms with Gasteiger partial charge in [0.1, 0.15) is 5.60 Å². The molecule has 0 fully saturated rings. The molecule has 1 aromatic rings. The highest BCUT2D eigenvalue weighted by Gasteiger charge is 2.18. The minimum Gasteiger partial charge on any atom is -0.444 e. The van der Waals surface area contributed by atoms with Crippen molar-refractivity contribution in [3.63, 3.8) is 0 Å². The van der Waals surface area contributed by atoms with E-state index in [2.05, 4.69) is 27.9 Å². The number of carbonyl (C=O) groups is 1. The van der Waals surface area contributed by atoms with Crippen LogP contribution in [0.1, 0.15) is 47.0 Å². The third kappa shape index (κ3) is 10.5. The van der Waals surface area contributed by atoms with Crippen LogP contribution < -0.4 is 16.0 Å². The summed E-state index contributed by atoms with van der Waals surface area (Å²) in [6.07, 6.45) is 2.36. The SMILES string of the molecule is CCCCC(CNC(=O)OC(C)(C)C)NC(=NC)NCCS(=O)(=O)c1ccccc1. The topological polar surface area (TPSA) is 109 Å². The summed E-state index contributed by atoms with van der Waals surface area (Å²) in [5.74, 6) is 0.443. The molecule has 0 heterocycles. The Kier molecular flexibility index (Phi) is 10.7. The van der Waals surface area contributed by atoms with Crippen molar-refractivity contribution in [3.8, 4) is 0 Å². The van der Waals surface area contributed by atoms with E-state index in [0.29, 0.717) is 17.4 Å². The van der Waals surface area contributed by atoms with Crippen LogP contribution >= 0.6 is 0 Å². The molecular formula is C21H36N4O4S. The predicted octanol–water partition coefficient (Wildman–Crippen LogP) is 2.71. The Bertz CT molecular complexity index is 774. The molecule has 0 saturated heterocycles. The average Bonchev–Trinajstić information content (AvgIpc) is 2.68. The molecule has 3 N–H and O–H groups in total. The monoisotopic (exact) mass is 440 g/mol. The van der Waals surface area contributed by atoms with Crippen molar-refractivity contribution in [2.45, 2.75) is 63.5 Å². The average molecular weight is 441 g/mol. The maximum atomic E-state index is 12.4. The van der Waals surface area contributed by atoms with Crippen LogP contribution in [0.3, 0.4) is 0 Å². The summed E-state index contributed by atoms with van der Waals surface area (Å²) in [6.45, 7) is 8.13. The van der Waals surface area contributed by atoms with E-state index in [1.165, 1.54) is 0 Å². The fraction of sp³-hybridized carbons (Fsp3) is 0.619. The molecule has 9 heteroatoms. The molecule has 1 rings (SSSR count). The third-order valence-electron chi connectivity index (χ3n) is 4.13.